The van der Waals surface area contributed by atoms with Gasteiger partial charge in [0.05, 0.1) is 18.3 Å². The van der Waals surface area contributed by atoms with E-state index < -0.39 is 0 Å². The lowest BCUT2D eigenvalue weighted by Gasteiger charge is -2.20. The number of ether oxygens (including phenoxy) is 1. The molecule has 1 atom stereocenters. The number of hydrogen-bond donors (Lipinski definition) is 0. The quantitative estimate of drug-likeness (QED) is 0.815. The van der Waals surface area contributed by atoms with Crippen LogP contribution in [0.1, 0.15) is 60.1 Å². The molecule has 22 heavy (non-hydrogen) atoms. The van der Waals surface area contributed by atoms with Crippen LogP contribution in [0.2, 0.25) is 0 Å². The Balaban J connectivity index is 1.45. The minimum absolute atomic E-state index is 0.267. The molecule has 0 bridgehead atoms. The molecule has 6 nitrogen and oxygen atoms in total. The Hall–Kier alpha value is -1.31. The van der Waals surface area contributed by atoms with Gasteiger partial charge in [-0.2, -0.15) is 4.98 Å². The normalized spacial score (nSPS) is 22.5. The van der Waals surface area contributed by atoms with E-state index in [2.05, 4.69) is 25.4 Å². The van der Waals surface area contributed by atoms with Gasteiger partial charge in [-0.25, -0.2) is 4.98 Å². The highest BCUT2D eigenvalue weighted by molar-refractivity contribution is 7.09. The number of hydrogen-bond acceptors (Lipinski definition) is 7. The van der Waals surface area contributed by atoms with Crippen LogP contribution in [0, 0.1) is 0 Å². The van der Waals surface area contributed by atoms with Crippen molar-refractivity contribution in [3.8, 4) is 0 Å². The van der Waals surface area contributed by atoms with E-state index in [-0.39, 0.29) is 6.04 Å². The van der Waals surface area contributed by atoms with Crippen LogP contribution < -0.4 is 0 Å². The Labute approximate surface area is 133 Å². The summed E-state index contributed by atoms with van der Waals surface area (Å²) in [6.45, 7) is 2.50. The summed E-state index contributed by atoms with van der Waals surface area (Å²) in [7, 11) is 1.70. The van der Waals surface area contributed by atoms with Crippen LogP contribution >= 0.6 is 11.3 Å². The summed E-state index contributed by atoms with van der Waals surface area (Å²) in [6.07, 6.45) is 4.65. The summed E-state index contributed by atoms with van der Waals surface area (Å²) in [6, 6.07) is 0.267. The number of rotatable bonds is 6. The molecule has 0 spiro atoms. The van der Waals surface area contributed by atoms with Crippen LogP contribution in [-0.2, 0) is 17.9 Å². The van der Waals surface area contributed by atoms with E-state index in [9.17, 15) is 0 Å². The zero-order valence-corrected chi connectivity index (χ0v) is 13.5. The first kappa shape index (κ1) is 14.3. The van der Waals surface area contributed by atoms with Gasteiger partial charge in [0.1, 0.15) is 5.01 Å². The van der Waals surface area contributed by atoms with Crippen molar-refractivity contribution in [3.63, 3.8) is 0 Å². The number of aromatic nitrogens is 3. The van der Waals surface area contributed by atoms with Crippen molar-refractivity contribution in [2.75, 3.05) is 13.7 Å². The van der Waals surface area contributed by atoms with Crippen molar-refractivity contribution in [3.05, 3.63) is 27.8 Å². The third kappa shape index (κ3) is 2.93. The minimum Gasteiger partial charge on any atom is -0.378 e. The summed E-state index contributed by atoms with van der Waals surface area (Å²) in [5, 5.41) is 7.37. The number of likely N-dealkylation sites (tertiary alicyclic amines) is 1. The van der Waals surface area contributed by atoms with Crippen LogP contribution in [0.5, 0.6) is 0 Å². The Morgan fingerprint density at radius 3 is 3.09 bits per heavy atom. The molecule has 1 unspecified atom stereocenters. The van der Waals surface area contributed by atoms with E-state index in [0.29, 0.717) is 12.5 Å². The van der Waals surface area contributed by atoms with Gasteiger partial charge in [0.2, 0.25) is 5.89 Å². The molecular weight excluding hydrogens is 300 g/mol. The van der Waals surface area contributed by atoms with Crippen molar-refractivity contribution in [2.24, 2.45) is 0 Å². The smallest absolute Gasteiger partial charge is 0.229 e. The first-order valence-corrected chi connectivity index (χ1v) is 8.71. The molecule has 2 aromatic heterocycles. The van der Waals surface area contributed by atoms with Crippen molar-refractivity contribution < 1.29 is 9.26 Å². The van der Waals surface area contributed by atoms with Gasteiger partial charge < -0.3 is 9.26 Å². The molecule has 2 aliphatic rings. The molecule has 1 aliphatic heterocycles. The fourth-order valence-corrected chi connectivity index (χ4v) is 3.76. The molecule has 1 saturated carbocycles. The zero-order valence-electron chi connectivity index (χ0n) is 12.7. The highest BCUT2D eigenvalue weighted by atomic mass is 32.1. The Morgan fingerprint density at radius 2 is 2.27 bits per heavy atom. The third-order valence-electron chi connectivity index (χ3n) is 4.28. The Morgan fingerprint density at radius 1 is 1.36 bits per heavy atom. The van der Waals surface area contributed by atoms with Crippen LogP contribution in [0.25, 0.3) is 0 Å². The van der Waals surface area contributed by atoms with Gasteiger partial charge in [0, 0.05) is 25.0 Å². The summed E-state index contributed by atoms with van der Waals surface area (Å²) < 4.78 is 10.6. The molecule has 3 heterocycles. The molecule has 4 rings (SSSR count). The standard InChI is InChI=1S/C15H20N4O2S/c1-20-8-13-16-11(9-22-13)7-19-6-2-3-12(19)14-17-15(21-18-14)10-4-5-10/h9-10,12H,2-8H2,1H3. The van der Waals surface area contributed by atoms with E-state index in [1.165, 1.54) is 19.3 Å². The molecule has 2 aromatic rings. The predicted octanol–water partition coefficient (Wildman–Crippen LogP) is 2.89. The molecule has 0 N–H and O–H groups in total. The number of nitrogens with zero attached hydrogens (tertiary/aromatic N) is 4. The van der Waals surface area contributed by atoms with Gasteiger partial charge in [0.25, 0.3) is 0 Å². The maximum absolute atomic E-state index is 5.42. The second-order valence-electron chi connectivity index (χ2n) is 6.06. The van der Waals surface area contributed by atoms with Crippen LogP contribution in [0.4, 0.5) is 0 Å². The minimum atomic E-state index is 0.267. The summed E-state index contributed by atoms with van der Waals surface area (Å²) in [5.41, 5.74) is 1.11. The Kier molecular flexibility index (Phi) is 3.94. The summed E-state index contributed by atoms with van der Waals surface area (Å²) in [5.74, 6) is 2.20. The lowest BCUT2D eigenvalue weighted by Crippen LogP contribution is -2.23. The Bertz CT molecular complexity index is 637. The van der Waals surface area contributed by atoms with Gasteiger partial charge in [0.15, 0.2) is 5.82 Å². The molecule has 2 fully saturated rings. The SMILES string of the molecule is COCc1nc(CN2CCCC2c2noc(C3CC3)n2)cs1. The molecule has 0 radical (unpaired) electrons. The largest absolute Gasteiger partial charge is 0.378 e. The molecule has 1 aliphatic carbocycles. The first-order valence-electron chi connectivity index (χ1n) is 7.83. The first-order chi connectivity index (χ1) is 10.8. The van der Waals surface area contributed by atoms with E-state index >= 15 is 0 Å². The molecule has 1 saturated heterocycles. The second kappa shape index (κ2) is 6.06. The van der Waals surface area contributed by atoms with Gasteiger partial charge in [-0.15, -0.1) is 11.3 Å². The van der Waals surface area contributed by atoms with Crippen LogP contribution in [-0.4, -0.2) is 33.7 Å². The summed E-state index contributed by atoms with van der Waals surface area (Å²) in [4.78, 5) is 11.7. The molecule has 0 amide bonds. The maximum Gasteiger partial charge on any atom is 0.229 e. The van der Waals surface area contributed by atoms with Gasteiger partial charge in [-0.3, -0.25) is 4.90 Å². The van der Waals surface area contributed by atoms with Crippen molar-refractivity contribution >= 4 is 11.3 Å². The predicted molar refractivity (Wildman–Crippen MR) is 81.5 cm³/mol. The third-order valence-corrected chi connectivity index (χ3v) is 5.15. The fraction of sp³-hybridized carbons (Fsp3) is 0.667. The average molecular weight is 320 g/mol. The van der Waals surface area contributed by atoms with Crippen molar-refractivity contribution in [1.29, 1.82) is 0 Å². The molecular formula is C15H20N4O2S. The van der Waals surface area contributed by atoms with E-state index in [1.54, 1.807) is 18.4 Å². The van der Waals surface area contributed by atoms with E-state index in [0.717, 1.165) is 41.9 Å². The highest BCUT2D eigenvalue weighted by Crippen LogP contribution is 2.40. The highest BCUT2D eigenvalue weighted by Gasteiger charge is 2.34. The second-order valence-corrected chi connectivity index (χ2v) is 7.00. The fourth-order valence-electron chi connectivity index (χ4n) is 3.01. The van der Waals surface area contributed by atoms with Crippen LogP contribution in [0.15, 0.2) is 9.90 Å². The molecule has 0 aromatic carbocycles. The molecule has 7 heteroatoms. The van der Waals surface area contributed by atoms with Gasteiger partial charge >= 0.3 is 0 Å². The van der Waals surface area contributed by atoms with E-state index in [1.807, 2.05) is 0 Å². The topological polar surface area (TPSA) is 64.3 Å². The number of methoxy groups -OCH3 is 1. The van der Waals surface area contributed by atoms with E-state index in [4.69, 9.17) is 9.26 Å². The molecule has 118 valence electrons. The summed E-state index contributed by atoms with van der Waals surface area (Å²) >= 11 is 1.66. The lowest BCUT2D eigenvalue weighted by atomic mass is 10.2. The maximum atomic E-state index is 5.42. The van der Waals surface area contributed by atoms with Crippen LogP contribution in [0.3, 0.4) is 0 Å². The average Bonchev–Trinajstić information content (AvgIpc) is 2.92. The lowest BCUT2D eigenvalue weighted by molar-refractivity contribution is 0.184. The zero-order chi connectivity index (χ0) is 14.9. The van der Waals surface area contributed by atoms with Crippen molar-refractivity contribution in [2.45, 2.75) is 50.8 Å². The number of thiazole rings is 1. The van der Waals surface area contributed by atoms with Gasteiger partial charge in [-0.05, 0) is 32.2 Å². The monoisotopic (exact) mass is 320 g/mol. The van der Waals surface area contributed by atoms with Crippen molar-refractivity contribution in [1.82, 2.24) is 20.0 Å². The van der Waals surface area contributed by atoms with Gasteiger partial charge in [-0.1, -0.05) is 5.16 Å².